The average molecular weight is 453 g/mol. The van der Waals surface area contributed by atoms with E-state index in [1.54, 1.807) is 28.2 Å². The zero-order valence-corrected chi connectivity index (χ0v) is 18.0. The van der Waals surface area contributed by atoms with Gasteiger partial charge in [-0.05, 0) is 0 Å². The summed E-state index contributed by atoms with van der Waals surface area (Å²) in [6.07, 6.45) is 2.32. The topological polar surface area (TPSA) is 28.2 Å². The molecule has 0 saturated heterocycles. The first-order valence-corrected chi connectivity index (χ1v) is 7.06. The van der Waals surface area contributed by atoms with Gasteiger partial charge in [0.15, 0.2) is 0 Å². The summed E-state index contributed by atoms with van der Waals surface area (Å²) >= 11 is 0. The third-order valence-electron chi connectivity index (χ3n) is 2.28. The molecule has 0 aliphatic carbocycles. The van der Waals surface area contributed by atoms with Crippen molar-refractivity contribution < 1.29 is 25.8 Å². The molecule has 0 fully saturated rings. The molecule has 0 heterocycles. The Bertz CT molecular complexity index is 303. The van der Waals surface area contributed by atoms with Crippen LogP contribution in [0, 0.1) is 0 Å². The smallest absolute Gasteiger partial charge is 0.668 e. The quantitative estimate of drug-likeness (QED) is 0.444. The second-order valence-corrected chi connectivity index (χ2v) is 4.19. The molecule has 0 atom stereocenters. The Hall–Kier alpha value is -0.510. The molecule has 0 aliphatic rings. The molecule has 2 aromatic carbocycles. The minimum atomic E-state index is 0. The normalized spacial score (nSPS) is 7.90. The molecule has 0 N–H and O–H groups in total. The fourth-order valence-electron chi connectivity index (χ4n) is 1.30. The van der Waals surface area contributed by atoms with Gasteiger partial charge in [-0.2, -0.15) is 63.6 Å². The van der Waals surface area contributed by atoms with Gasteiger partial charge >= 0.3 is 25.8 Å². The predicted molar refractivity (Wildman–Crippen MR) is 93.2 cm³/mol. The number of hydrogen-bond donors (Lipinski definition) is 0. The maximum absolute atomic E-state index is 3.50. The van der Waals surface area contributed by atoms with Crippen molar-refractivity contribution in [2.24, 2.45) is 0 Å². The summed E-state index contributed by atoms with van der Waals surface area (Å²) in [4.78, 5) is 0. The SMILES string of the molecule is CC[c-]1cccc1.CC[c-]1cccc1.C[N-]C.C[N-]C.[Hf+4]. The Morgan fingerprint density at radius 1 is 0.619 bits per heavy atom. The largest absolute Gasteiger partial charge is 4.00 e. The molecule has 116 valence electrons. The van der Waals surface area contributed by atoms with Crippen LogP contribution in [0.25, 0.3) is 10.6 Å². The van der Waals surface area contributed by atoms with E-state index in [0.29, 0.717) is 0 Å². The van der Waals surface area contributed by atoms with Crippen LogP contribution in [0.5, 0.6) is 0 Å². The first kappa shape index (κ1) is 25.4. The maximum Gasteiger partial charge on any atom is 4.00 e. The van der Waals surface area contributed by atoms with Crippen molar-refractivity contribution in [3.63, 3.8) is 0 Å². The number of aryl methyl sites for hydroxylation is 2. The van der Waals surface area contributed by atoms with Gasteiger partial charge in [-0.15, -0.1) is 0 Å². The summed E-state index contributed by atoms with van der Waals surface area (Å²) < 4.78 is 0. The van der Waals surface area contributed by atoms with E-state index in [9.17, 15) is 0 Å². The van der Waals surface area contributed by atoms with E-state index in [0.717, 1.165) is 12.8 Å². The van der Waals surface area contributed by atoms with Gasteiger partial charge in [0.05, 0.1) is 0 Å². The van der Waals surface area contributed by atoms with Crippen LogP contribution in [0.1, 0.15) is 25.0 Å². The summed E-state index contributed by atoms with van der Waals surface area (Å²) in [5.41, 5.74) is 2.86. The minimum absolute atomic E-state index is 0. The molecular formula is C18H30HfN2. The van der Waals surface area contributed by atoms with E-state index in [-0.39, 0.29) is 25.8 Å². The summed E-state index contributed by atoms with van der Waals surface area (Å²) in [5.74, 6) is 0. The Kier molecular flexibility index (Phi) is 26.4. The van der Waals surface area contributed by atoms with E-state index in [1.807, 2.05) is 0 Å². The Morgan fingerprint density at radius 3 is 0.905 bits per heavy atom. The predicted octanol–water partition coefficient (Wildman–Crippen LogP) is 5.17. The van der Waals surface area contributed by atoms with Crippen LogP contribution >= 0.6 is 0 Å². The second kappa shape index (κ2) is 21.8. The van der Waals surface area contributed by atoms with E-state index in [1.165, 1.54) is 11.1 Å². The molecule has 0 aliphatic heterocycles. The van der Waals surface area contributed by atoms with Crippen molar-refractivity contribution >= 4 is 0 Å². The molecule has 0 spiro atoms. The number of rotatable bonds is 2. The average Bonchev–Trinajstić information content (AvgIpc) is 3.14. The number of nitrogens with zero attached hydrogens (tertiary/aromatic N) is 2. The van der Waals surface area contributed by atoms with Crippen molar-refractivity contribution in [3.8, 4) is 0 Å². The Balaban J connectivity index is -0.000000220. The van der Waals surface area contributed by atoms with Crippen LogP contribution in [0.2, 0.25) is 0 Å². The minimum Gasteiger partial charge on any atom is -0.668 e. The molecular weight excluding hydrogens is 423 g/mol. The van der Waals surface area contributed by atoms with Crippen molar-refractivity contribution in [2.45, 2.75) is 26.7 Å². The van der Waals surface area contributed by atoms with Crippen molar-refractivity contribution in [2.75, 3.05) is 28.2 Å². The summed E-state index contributed by atoms with van der Waals surface area (Å²) in [6.45, 7) is 4.32. The van der Waals surface area contributed by atoms with Crippen LogP contribution in [0.4, 0.5) is 0 Å². The van der Waals surface area contributed by atoms with Gasteiger partial charge in [0.25, 0.3) is 0 Å². The second-order valence-electron chi connectivity index (χ2n) is 4.19. The van der Waals surface area contributed by atoms with Gasteiger partial charge in [0.2, 0.25) is 0 Å². The molecule has 0 bridgehead atoms. The van der Waals surface area contributed by atoms with E-state index in [4.69, 9.17) is 0 Å². The molecule has 2 rings (SSSR count). The van der Waals surface area contributed by atoms with E-state index in [2.05, 4.69) is 73.0 Å². The molecule has 0 radical (unpaired) electrons. The molecule has 21 heavy (non-hydrogen) atoms. The third kappa shape index (κ3) is 19.5. The fourth-order valence-corrected chi connectivity index (χ4v) is 1.30. The van der Waals surface area contributed by atoms with Crippen molar-refractivity contribution in [1.82, 2.24) is 0 Å². The van der Waals surface area contributed by atoms with Gasteiger partial charge in [-0.25, -0.2) is 24.3 Å². The van der Waals surface area contributed by atoms with Crippen LogP contribution in [-0.4, -0.2) is 28.2 Å². The van der Waals surface area contributed by atoms with Gasteiger partial charge in [-0.1, -0.05) is 26.7 Å². The van der Waals surface area contributed by atoms with Crippen molar-refractivity contribution in [3.05, 3.63) is 70.3 Å². The molecule has 3 heteroatoms. The molecule has 2 aromatic rings. The maximum atomic E-state index is 3.50. The first-order valence-electron chi connectivity index (χ1n) is 7.06. The van der Waals surface area contributed by atoms with Gasteiger partial charge in [-0.3, -0.25) is 0 Å². The third-order valence-corrected chi connectivity index (χ3v) is 2.28. The standard InChI is InChI=1S/2C7H9.2C2H6N.Hf/c2*1-2-7-5-3-4-6-7;2*1-3-2;/h2*3-6H,2H2,1H3;2*1-2H3;/q4*-1;+4. The molecule has 0 aromatic heterocycles. The molecule has 2 nitrogen and oxygen atoms in total. The van der Waals surface area contributed by atoms with Crippen LogP contribution < -0.4 is 0 Å². The van der Waals surface area contributed by atoms with Gasteiger partial charge in [0, 0.05) is 0 Å². The van der Waals surface area contributed by atoms with Crippen molar-refractivity contribution in [1.29, 1.82) is 0 Å². The van der Waals surface area contributed by atoms with E-state index >= 15 is 0 Å². The zero-order valence-electron chi connectivity index (χ0n) is 14.4. The Morgan fingerprint density at radius 2 is 0.810 bits per heavy atom. The monoisotopic (exact) mass is 454 g/mol. The number of hydrogen-bond acceptors (Lipinski definition) is 0. The zero-order chi connectivity index (χ0) is 15.6. The van der Waals surface area contributed by atoms with Crippen LogP contribution in [-0.2, 0) is 38.7 Å². The van der Waals surface area contributed by atoms with Crippen LogP contribution in [0.3, 0.4) is 0 Å². The Labute approximate surface area is 150 Å². The molecule has 0 saturated carbocycles. The van der Waals surface area contributed by atoms with Gasteiger partial charge in [0.1, 0.15) is 0 Å². The summed E-state index contributed by atoms with van der Waals surface area (Å²) in [5, 5.41) is 7.00. The van der Waals surface area contributed by atoms with E-state index < -0.39 is 0 Å². The first-order chi connectivity index (χ1) is 9.69. The van der Waals surface area contributed by atoms with Crippen LogP contribution in [0.15, 0.2) is 48.5 Å². The molecule has 0 unspecified atom stereocenters. The van der Waals surface area contributed by atoms with Gasteiger partial charge < -0.3 is 10.6 Å². The molecule has 0 amide bonds. The summed E-state index contributed by atoms with van der Waals surface area (Å²) in [6, 6.07) is 16.8. The fraction of sp³-hybridized carbons (Fsp3) is 0.444. The summed E-state index contributed by atoms with van der Waals surface area (Å²) in [7, 11) is 7.00.